The van der Waals surface area contributed by atoms with Gasteiger partial charge in [-0.15, -0.1) is 15.7 Å². The molecule has 0 aliphatic rings. The number of aliphatic hydroxyl groups is 1. The van der Waals surface area contributed by atoms with Gasteiger partial charge in [0, 0.05) is 10.6 Å². The summed E-state index contributed by atoms with van der Waals surface area (Å²) in [4.78, 5) is 12.8. The second-order valence-corrected chi connectivity index (χ2v) is 10.8. The van der Waals surface area contributed by atoms with Gasteiger partial charge in [-0.2, -0.15) is 8.78 Å². The Morgan fingerprint density at radius 2 is 1.69 bits per heavy atom. The van der Waals surface area contributed by atoms with Gasteiger partial charge in [-0.3, -0.25) is 0 Å². The number of hydrogen-bond donors (Lipinski definition) is 3. The zero-order chi connectivity index (χ0) is 24.4. The smallest absolute Gasteiger partial charge is 0.387 e. The van der Waals surface area contributed by atoms with Crippen molar-refractivity contribution in [2.45, 2.75) is 69.8 Å². The second-order valence-electron chi connectivity index (χ2n) is 8.29. The van der Waals surface area contributed by atoms with Crippen LogP contribution in [0, 0.1) is 5.82 Å². The van der Waals surface area contributed by atoms with Crippen LogP contribution in [0.3, 0.4) is 0 Å². The maximum absolute atomic E-state index is 14.2. The van der Waals surface area contributed by atoms with Crippen LogP contribution in [0.15, 0.2) is 26.8 Å². The molecule has 2 rings (SSSR count). The molecule has 1 atom stereocenters. The number of carbonyl (C=O) groups excluding carboxylic acids is 1. The third-order valence-electron chi connectivity index (χ3n) is 4.50. The van der Waals surface area contributed by atoms with Crippen LogP contribution in [0.1, 0.15) is 69.4 Å². The zero-order valence-corrected chi connectivity index (χ0v) is 20.3. The summed E-state index contributed by atoms with van der Waals surface area (Å²) in [6.45, 7) is 7.19. The van der Waals surface area contributed by atoms with Gasteiger partial charge in [0.2, 0.25) is 0 Å². The van der Waals surface area contributed by atoms with Crippen LogP contribution in [0.25, 0.3) is 0 Å². The van der Waals surface area contributed by atoms with E-state index in [9.17, 15) is 27.3 Å². The number of anilines is 1. The number of amides is 2. The topological polar surface area (TPSA) is 88.0 Å². The minimum Gasteiger partial charge on any atom is -0.435 e. The Morgan fingerprint density at radius 1 is 1.16 bits per heavy atom. The number of nitrogens with one attached hydrogen (secondary N) is 1. The SMILES string of the molecule is CC(C)c1cc(OC(F)F)cc(C(C)C)c1NC(=O)/N=[SH](=O)/c1sc(C(C)(C)O)cc1F. The summed E-state index contributed by atoms with van der Waals surface area (Å²) in [5.41, 5.74) is 0.106. The van der Waals surface area contributed by atoms with Crippen molar-refractivity contribution in [1.29, 1.82) is 0 Å². The van der Waals surface area contributed by atoms with E-state index in [1.165, 1.54) is 26.0 Å². The summed E-state index contributed by atoms with van der Waals surface area (Å²) in [6, 6.07) is 2.92. The molecule has 0 spiro atoms. The van der Waals surface area contributed by atoms with Crippen molar-refractivity contribution in [1.82, 2.24) is 0 Å². The number of nitrogens with zero attached hydrogens (tertiary/aromatic N) is 1. The normalized spacial score (nSPS) is 13.3. The number of thiol groups is 1. The Kier molecular flexibility index (Phi) is 8.35. The minimum atomic E-state index is -3.00. The van der Waals surface area contributed by atoms with Gasteiger partial charge in [-0.25, -0.2) is 13.4 Å². The van der Waals surface area contributed by atoms with Gasteiger partial charge >= 0.3 is 12.6 Å². The summed E-state index contributed by atoms with van der Waals surface area (Å²) in [6.07, 6.45) is 0. The summed E-state index contributed by atoms with van der Waals surface area (Å²) in [5, 5.41) is 12.6. The highest BCUT2D eigenvalue weighted by molar-refractivity contribution is 7.78. The van der Waals surface area contributed by atoms with Gasteiger partial charge in [0.25, 0.3) is 0 Å². The van der Waals surface area contributed by atoms with Crippen molar-refractivity contribution in [2.24, 2.45) is 4.36 Å². The Hall–Kier alpha value is -2.11. The van der Waals surface area contributed by atoms with E-state index < -0.39 is 34.7 Å². The van der Waals surface area contributed by atoms with E-state index in [1.807, 2.05) is 27.7 Å². The molecule has 0 fully saturated rings. The monoisotopic (exact) mass is 492 g/mol. The average Bonchev–Trinajstić information content (AvgIpc) is 3.04. The maximum Gasteiger partial charge on any atom is 0.387 e. The first kappa shape index (κ1) is 26.1. The molecule has 0 aliphatic heterocycles. The number of carbonyl (C=O) groups is 1. The quantitative estimate of drug-likeness (QED) is 0.401. The van der Waals surface area contributed by atoms with Crippen LogP contribution < -0.4 is 10.1 Å². The second kappa shape index (κ2) is 10.2. The van der Waals surface area contributed by atoms with Crippen LogP contribution in [-0.2, 0) is 16.2 Å². The molecule has 178 valence electrons. The molecule has 0 radical (unpaired) electrons. The lowest BCUT2D eigenvalue weighted by molar-refractivity contribution is -0.0499. The number of hydrogen-bond acceptors (Lipinski definition) is 5. The molecule has 2 N–H and O–H groups in total. The average molecular weight is 493 g/mol. The van der Waals surface area contributed by atoms with Crippen molar-refractivity contribution in [3.05, 3.63) is 40.0 Å². The molecule has 1 aromatic carbocycles. The van der Waals surface area contributed by atoms with Crippen molar-refractivity contribution < 1.29 is 32.0 Å². The highest BCUT2D eigenvalue weighted by Crippen LogP contribution is 2.37. The van der Waals surface area contributed by atoms with E-state index >= 15 is 0 Å². The molecule has 11 heteroatoms. The highest BCUT2D eigenvalue weighted by atomic mass is 32.2. The molecule has 0 saturated heterocycles. The standard InChI is InChI=1S/C21H27F3N2O4S2/c1-10(2)13-7-12(30-19(23)24)8-14(11(3)4)17(13)25-20(27)26-32(29)18-15(22)9-16(31-18)21(5,6)28/h7-11,19,28,32H,1-6H3,(H,25,27). The highest BCUT2D eigenvalue weighted by Gasteiger charge is 2.23. The molecule has 32 heavy (non-hydrogen) atoms. The fraction of sp³-hybridized carbons (Fsp3) is 0.476. The summed E-state index contributed by atoms with van der Waals surface area (Å²) in [7, 11) is -2.75. The maximum atomic E-state index is 14.2. The van der Waals surface area contributed by atoms with E-state index in [-0.39, 0.29) is 26.7 Å². The van der Waals surface area contributed by atoms with Crippen molar-refractivity contribution in [2.75, 3.05) is 5.32 Å². The summed E-state index contributed by atoms with van der Waals surface area (Å²) >= 11 is 0.777. The Labute approximate surface area is 191 Å². The molecule has 1 aromatic heterocycles. The number of alkyl halides is 2. The zero-order valence-electron chi connectivity index (χ0n) is 18.6. The fourth-order valence-corrected chi connectivity index (χ4v) is 5.00. The lowest BCUT2D eigenvalue weighted by Crippen LogP contribution is -2.13. The first-order valence-electron chi connectivity index (χ1n) is 9.85. The third-order valence-corrected chi connectivity index (χ3v) is 7.39. The largest absolute Gasteiger partial charge is 0.435 e. The molecule has 1 heterocycles. The first-order chi connectivity index (χ1) is 14.7. The van der Waals surface area contributed by atoms with Gasteiger partial charge in [0.15, 0.2) is 5.82 Å². The van der Waals surface area contributed by atoms with E-state index in [0.29, 0.717) is 16.8 Å². The predicted octanol–water partition coefficient (Wildman–Crippen LogP) is 6.22. The van der Waals surface area contributed by atoms with Crippen LogP contribution in [0.5, 0.6) is 5.75 Å². The number of ether oxygens (including phenoxy) is 1. The number of benzene rings is 1. The minimum absolute atomic E-state index is 0.0341. The van der Waals surface area contributed by atoms with E-state index in [0.717, 1.165) is 17.4 Å². The van der Waals surface area contributed by atoms with Gasteiger partial charge in [0.1, 0.15) is 9.96 Å². The number of thiophene rings is 1. The number of urea groups is 1. The Bertz CT molecular complexity index is 1040. The molecular weight excluding hydrogens is 465 g/mol. The lowest BCUT2D eigenvalue weighted by atomic mass is 9.92. The predicted molar refractivity (Wildman–Crippen MR) is 120 cm³/mol. The molecule has 2 amide bonds. The number of halogens is 3. The number of rotatable bonds is 7. The molecule has 1 unspecified atom stereocenters. The van der Waals surface area contributed by atoms with Crippen molar-refractivity contribution in [3.8, 4) is 5.75 Å². The lowest BCUT2D eigenvalue weighted by Gasteiger charge is -2.21. The van der Waals surface area contributed by atoms with E-state index in [2.05, 4.69) is 14.4 Å². The van der Waals surface area contributed by atoms with Gasteiger partial charge in [-0.05, 0) is 55.0 Å². The van der Waals surface area contributed by atoms with Crippen molar-refractivity contribution >= 4 is 33.7 Å². The molecular formula is C21H27F3N2O4S2. The molecule has 6 nitrogen and oxygen atoms in total. The Morgan fingerprint density at radius 3 is 2.09 bits per heavy atom. The molecule has 0 aliphatic carbocycles. The molecule has 2 aromatic rings. The van der Waals surface area contributed by atoms with Gasteiger partial charge in [0.05, 0.1) is 16.2 Å². The molecule has 0 bridgehead atoms. The van der Waals surface area contributed by atoms with Crippen molar-refractivity contribution in [3.63, 3.8) is 0 Å². The van der Waals surface area contributed by atoms with Crippen LogP contribution in [0.2, 0.25) is 0 Å². The fourth-order valence-electron chi connectivity index (χ4n) is 2.94. The van der Waals surface area contributed by atoms with Crippen LogP contribution >= 0.6 is 11.3 Å². The van der Waals surface area contributed by atoms with Gasteiger partial charge in [-0.1, -0.05) is 27.7 Å². The van der Waals surface area contributed by atoms with E-state index in [1.54, 1.807) is 0 Å². The summed E-state index contributed by atoms with van der Waals surface area (Å²) in [5.74, 6) is -1.18. The first-order valence-corrected chi connectivity index (χ1v) is 11.9. The summed E-state index contributed by atoms with van der Waals surface area (Å²) < 4.78 is 60.0. The third kappa shape index (κ3) is 6.46. The van der Waals surface area contributed by atoms with Gasteiger partial charge < -0.3 is 15.2 Å². The van der Waals surface area contributed by atoms with Crippen LogP contribution in [-0.4, -0.2) is 22.0 Å². The molecule has 0 saturated carbocycles. The Balaban J connectivity index is 2.44. The van der Waals surface area contributed by atoms with E-state index in [4.69, 9.17) is 0 Å². The van der Waals surface area contributed by atoms with Crippen LogP contribution in [0.4, 0.5) is 23.7 Å².